The first-order valence-electron chi connectivity index (χ1n) is 7.82. The molecule has 1 aromatic carbocycles. The number of hydrogen-bond donors (Lipinski definition) is 2. The Morgan fingerprint density at radius 3 is 2.59 bits per heavy atom. The Morgan fingerprint density at radius 2 is 2.04 bits per heavy atom. The highest BCUT2D eigenvalue weighted by Crippen LogP contribution is 2.33. The molecule has 2 aromatic rings. The highest BCUT2D eigenvalue weighted by molar-refractivity contribution is 5.97. The number of nitriles is 1. The van der Waals surface area contributed by atoms with E-state index in [-0.39, 0.29) is 13.0 Å². The lowest BCUT2D eigenvalue weighted by atomic mass is 10.1. The van der Waals surface area contributed by atoms with Gasteiger partial charge < -0.3 is 20.3 Å². The van der Waals surface area contributed by atoms with Crippen LogP contribution in [0.3, 0.4) is 0 Å². The fourth-order valence-electron chi connectivity index (χ4n) is 2.39. The normalized spacial score (nSPS) is 10.9. The van der Waals surface area contributed by atoms with Crippen molar-refractivity contribution < 1.29 is 24.2 Å². The number of carboxylic acids is 1. The number of carboxylic acid groups (broad SMARTS) is 1. The van der Waals surface area contributed by atoms with E-state index in [2.05, 4.69) is 5.10 Å². The summed E-state index contributed by atoms with van der Waals surface area (Å²) in [5.41, 5.74) is 6.18. The molecule has 140 valence electrons. The Labute approximate surface area is 155 Å². The molecule has 1 heterocycles. The Bertz CT molecular complexity index is 940. The Hall–Kier alpha value is -3.80. The maximum absolute atomic E-state index is 11.2. The first kappa shape index (κ1) is 19.5. The molecule has 0 bridgehead atoms. The standard InChI is InChI=1S/C18H18N4O5/c1-26-14-4-3-11(8-15(14)27-2)17-13(7-12(9-19)18(24)25)10-22(21-17)6-5-16(20)23/h3-4,7-8,10H,5-6H2,1-2H3,(H2,20,23)(H,24,25)/b12-7+. The zero-order chi connectivity index (χ0) is 20.0. The third-order valence-corrected chi connectivity index (χ3v) is 3.68. The number of nitrogens with two attached hydrogens (primary N) is 1. The quantitative estimate of drug-likeness (QED) is 0.529. The SMILES string of the molecule is COc1ccc(-c2nn(CCC(N)=O)cc2/C=C(\C#N)C(=O)O)cc1OC. The second kappa shape index (κ2) is 8.53. The number of methoxy groups -OCH3 is 2. The number of primary amides is 1. The van der Waals surface area contributed by atoms with Gasteiger partial charge in [-0.1, -0.05) is 0 Å². The van der Waals surface area contributed by atoms with Gasteiger partial charge in [-0.3, -0.25) is 9.48 Å². The molecule has 0 aliphatic carbocycles. The summed E-state index contributed by atoms with van der Waals surface area (Å²) in [6.45, 7) is 0.221. The largest absolute Gasteiger partial charge is 0.493 e. The number of nitrogens with zero attached hydrogens (tertiary/aromatic N) is 3. The Balaban J connectivity index is 2.57. The lowest BCUT2D eigenvalue weighted by Gasteiger charge is -2.09. The van der Waals surface area contributed by atoms with Crippen LogP contribution in [0.5, 0.6) is 11.5 Å². The molecule has 3 N–H and O–H groups in total. The molecule has 0 saturated heterocycles. The van der Waals surface area contributed by atoms with E-state index in [1.165, 1.54) is 25.0 Å². The molecule has 1 amide bonds. The number of ether oxygens (including phenoxy) is 2. The minimum absolute atomic E-state index is 0.0697. The van der Waals surface area contributed by atoms with Crippen LogP contribution in [0.25, 0.3) is 17.3 Å². The number of aromatic nitrogens is 2. The van der Waals surface area contributed by atoms with Gasteiger partial charge in [-0.05, 0) is 24.3 Å². The molecule has 0 atom stereocenters. The van der Waals surface area contributed by atoms with E-state index in [0.717, 1.165) is 0 Å². The van der Waals surface area contributed by atoms with Crippen LogP contribution in [-0.4, -0.2) is 41.0 Å². The van der Waals surface area contributed by atoms with Gasteiger partial charge in [-0.15, -0.1) is 0 Å². The molecular weight excluding hydrogens is 352 g/mol. The van der Waals surface area contributed by atoms with Crippen LogP contribution in [0.15, 0.2) is 30.0 Å². The van der Waals surface area contributed by atoms with Crippen LogP contribution in [0.4, 0.5) is 0 Å². The van der Waals surface area contributed by atoms with Crippen LogP contribution >= 0.6 is 0 Å². The van der Waals surface area contributed by atoms with E-state index in [0.29, 0.717) is 28.3 Å². The van der Waals surface area contributed by atoms with Gasteiger partial charge >= 0.3 is 5.97 Å². The summed E-state index contributed by atoms with van der Waals surface area (Å²) >= 11 is 0. The van der Waals surface area contributed by atoms with Gasteiger partial charge in [0.05, 0.1) is 19.9 Å². The highest BCUT2D eigenvalue weighted by atomic mass is 16.5. The Morgan fingerprint density at radius 1 is 1.33 bits per heavy atom. The smallest absolute Gasteiger partial charge is 0.346 e. The topological polar surface area (TPSA) is 140 Å². The van der Waals surface area contributed by atoms with Crippen LogP contribution in [0.2, 0.25) is 0 Å². The number of amides is 1. The van der Waals surface area contributed by atoms with Gasteiger partial charge in [0.2, 0.25) is 5.91 Å². The number of rotatable bonds is 8. The number of carbonyl (C=O) groups excluding carboxylic acids is 1. The number of benzene rings is 1. The maximum atomic E-state index is 11.2. The molecule has 0 aliphatic rings. The average molecular weight is 370 g/mol. The molecule has 27 heavy (non-hydrogen) atoms. The predicted octanol–water partition coefficient (Wildman–Crippen LogP) is 1.43. The molecule has 9 nitrogen and oxygen atoms in total. The van der Waals surface area contributed by atoms with Crippen molar-refractivity contribution in [1.29, 1.82) is 5.26 Å². The van der Waals surface area contributed by atoms with E-state index in [1.807, 2.05) is 0 Å². The minimum Gasteiger partial charge on any atom is -0.493 e. The molecule has 1 aromatic heterocycles. The van der Waals surface area contributed by atoms with E-state index in [4.69, 9.17) is 25.6 Å². The second-order valence-corrected chi connectivity index (χ2v) is 5.46. The number of carbonyl (C=O) groups is 2. The number of aryl methyl sites for hydroxylation is 1. The predicted molar refractivity (Wildman–Crippen MR) is 95.8 cm³/mol. The van der Waals surface area contributed by atoms with E-state index in [1.54, 1.807) is 30.5 Å². The molecular formula is C18H18N4O5. The first-order valence-corrected chi connectivity index (χ1v) is 7.82. The third kappa shape index (κ3) is 4.64. The summed E-state index contributed by atoms with van der Waals surface area (Å²) in [7, 11) is 3.00. The number of aliphatic carboxylic acids is 1. The molecule has 9 heteroatoms. The zero-order valence-electron chi connectivity index (χ0n) is 14.8. The lowest BCUT2D eigenvalue weighted by molar-refractivity contribution is -0.132. The molecule has 0 fully saturated rings. The highest BCUT2D eigenvalue weighted by Gasteiger charge is 2.16. The van der Waals surface area contributed by atoms with Crippen molar-refractivity contribution in [1.82, 2.24) is 9.78 Å². The van der Waals surface area contributed by atoms with E-state index in [9.17, 15) is 9.59 Å². The van der Waals surface area contributed by atoms with E-state index < -0.39 is 17.4 Å². The monoisotopic (exact) mass is 370 g/mol. The average Bonchev–Trinajstić information content (AvgIpc) is 3.06. The fourth-order valence-corrected chi connectivity index (χ4v) is 2.39. The number of hydrogen-bond acceptors (Lipinski definition) is 6. The van der Waals surface area contributed by atoms with Crippen LogP contribution in [0.1, 0.15) is 12.0 Å². The van der Waals surface area contributed by atoms with Crippen molar-refractivity contribution in [2.45, 2.75) is 13.0 Å². The summed E-state index contributed by atoms with van der Waals surface area (Å²) in [4.78, 5) is 22.2. The molecule has 0 unspecified atom stereocenters. The summed E-state index contributed by atoms with van der Waals surface area (Å²) < 4.78 is 12.0. The first-order chi connectivity index (χ1) is 12.9. The van der Waals surface area contributed by atoms with Crippen LogP contribution in [0, 0.1) is 11.3 Å². The van der Waals surface area contributed by atoms with Crippen molar-refractivity contribution in [2.24, 2.45) is 5.73 Å². The molecule has 0 radical (unpaired) electrons. The van der Waals surface area contributed by atoms with Crippen molar-refractivity contribution >= 4 is 18.0 Å². The molecule has 0 spiro atoms. The summed E-state index contributed by atoms with van der Waals surface area (Å²) in [5, 5.41) is 22.5. The van der Waals surface area contributed by atoms with Gasteiger partial charge in [-0.2, -0.15) is 10.4 Å². The second-order valence-electron chi connectivity index (χ2n) is 5.46. The van der Waals surface area contributed by atoms with E-state index >= 15 is 0 Å². The van der Waals surface area contributed by atoms with Crippen molar-refractivity contribution in [3.63, 3.8) is 0 Å². The van der Waals surface area contributed by atoms with Gasteiger partial charge in [0, 0.05) is 30.3 Å². The molecule has 0 aliphatic heterocycles. The summed E-state index contributed by atoms with van der Waals surface area (Å²) in [5.74, 6) is -0.843. The van der Waals surface area contributed by atoms with Gasteiger partial charge in [0.25, 0.3) is 0 Å². The minimum atomic E-state index is -1.35. The maximum Gasteiger partial charge on any atom is 0.346 e. The van der Waals surface area contributed by atoms with Crippen LogP contribution < -0.4 is 15.2 Å². The van der Waals surface area contributed by atoms with Gasteiger partial charge in [0.15, 0.2) is 11.5 Å². The van der Waals surface area contributed by atoms with Crippen molar-refractivity contribution in [2.75, 3.05) is 14.2 Å². The third-order valence-electron chi connectivity index (χ3n) is 3.68. The lowest BCUT2D eigenvalue weighted by Crippen LogP contribution is -2.14. The Kier molecular flexibility index (Phi) is 6.17. The summed E-state index contributed by atoms with van der Waals surface area (Å²) in [6, 6.07) is 6.73. The zero-order valence-corrected chi connectivity index (χ0v) is 14.8. The van der Waals surface area contributed by atoms with Gasteiger partial charge in [0.1, 0.15) is 11.6 Å². The van der Waals surface area contributed by atoms with Crippen molar-refractivity contribution in [3.05, 3.63) is 35.5 Å². The molecule has 0 saturated carbocycles. The summed E-state index contributed by atoms with van der Waals surface area (Å²) in [6.07, 6.45) is 2.84. The van der Waals surface area contributed by atoms with Gasteiger partial charge in [-0.25, -0.2) is 4.79 Å². The molecule has 2 rings (SSSR count). The van der Waals surface area contributed by atoms with Crippen molar-refractivity contribution in [3.8, 4) is 28.8 Å². The fraction of sp³-hybridized carbons (Fsp3) is 0.222. The van der Waals surface area contributed by atoms with Crippen LogP contribution in [-0.2, 0) is 16.1 Å².